The van der Waals surface area contributed by atoms with Crippen molar-refractivity contribution < 1.29 is 4.79 Å². The Labute approximate surface area is 102 Å². The molecule has 16 heavy (non-hydrogen) atoms. The molecule has 1 aliphatic heterocycles. The molecule has 1 fully saturated rings. The highest BCUT2D eigenvalue weighted by Gasteiger charge is 2.25. The first-order valence-corrected chi connectivity index (χ1v) is 5.33. The fraction of sp³-hybridized carbons (Fsp3) is 0.417. The average molecular weight is 241 g/mol. The van der Waals surface area contributed by atoms with Crippen LogP contribution in [0.3, 0.4) is 0 Å². The normalized spacial score (nSPS) is 19.7. The van der Waals surface area contributed by atoms with Crippen molar-refractivity contribution in [3.05, 3.63) is 35.9 Å². The van der Waals surface area contributed by atoms with Crippen LogP contribution in [0, 0.1) is 0 Å². The van der Waals surface area contributed by atoms with E-state index >= 15 is 0 Å². The average Bonchev–Trinajstić information content (AvgIpc) is 2.56. The highest BCUT2D eigenvalue weighted by Crippen LogP contribution is 2.10. The molecule has 0 bridgehead atoms. The standard InChI is InChI=1S/C12H16N2O.ClH/c13-11-8-12(15)14(9-11)7-6-10-4-2-1-3-5-10;/h1-5,11H,6-9,13H2;1H. The number of carbonyl (C=O) groups excluding carboxylic acids is 1. The van der Waals surface area contributed by atoms with Crippen molar-refractivity contribution >= 4 is 18.3 Å². The zero-order chi connectivity index (χ0) is 10.7. The van der Waals surface area contributed by atoms with E-state index in [0.29, 0.717) is 13.0 Å². The van der Waals surface area contributed by atoms with E-state index in [-0.39, 0.29) is 24.4 Å². The van der Waals surface area contributed by atoms with E-state index in [0.717, 1.165) is 13.0 Å². The van der Waals surface area contributed by atoms with Crippen molar-refractivity contribution in [2.75, 3.05) is 13.1 Å². The van der Waals surface area contributed by atoms with Crippen LogP contribution in [0.2, 0.25) is 0 Å². The molecule has 1 saturated heterocycles. The van der Waals surface area contributed by atoms with Crippen molar-refractivity contribution in [2.45, 2.75) is 18.9 Å². The molecule has 0 radical (unpaired) electrons. The molecule has 88 valence electrons. The van der Waals surface area contributed by atoms with Gasteiger partial charge in [0.1, 0.15) is 0 Å². The lowest BCUT2D eigenvalue weighted by atomic mass is 10.1. The molecule has 0 saturated carbocycles. The van der Waals surface area contributed by atoms with Crippen LogP contribution in [0.15, 0.2) is 30.3 Å². The van der Waals surface area contributed by atoms with Gasteiger partial charge in [0, 0.05) is 25.6 Å². The van der Waals surface area contributed by atoms with E-state index in [2.05, 4.69) is 12.1 Å². The summed E-state index contributed by atoms with van der Waals surface area (Å²) in [6, 6.07) is 10.2. The molecule has 1 aliphatic rings. The van der Waals surface area contributed by atoms with Gasteiger partial charge in [-0.1, -0.05) is 30.3 Å². The quantitative estimate of drug-likeness (QED) is 0.864. The van der Waals surface area contributed by atoms with Gasteiger partial charge in [0.25, 0.3) is 0 Å². The highest BCUT2D eigenvalue weighted by atomic mass is 35.5. The summed E-state index contributed by atoms with van der Waals surface area (Å²) in [5.41, 5.74) is 6.99. The fourth-order valence-corrected chi connectivity index (χ4v) is 1.93. The Kier molecular flexibility index (Phi) is 4.77. The third-order valence-electron chi connectivity index (χ3n) is 2.76. The molecule has 0 spiro atoms. The summed E-state index contributed by atoms with van der Waals surface area (Å²) in [5.74, 6) is 0.193. The summed E-state index contributed by atoms with van der Waals surface area (Å²) < 4.78 is 0. The van der Waals surface area contributed by atoms with E-state index in [1.807, 2.05) is 23.1 Å². The molecule has 0 aliphatic carbocycles. The molecular weight excluding hydrogens is 224 g/mol. The Bertz CT molecular complexity index is 342. The van der Waals surface area contributed by atoms with Crippen molar-refractivity contribution in [2.24, 2.45) is 5.73 Å². The van der Waals surface area contributed by atoms with Gasteiger partial charge in [0.2, 0.25) is 5.91 Å². The Morgan fingerprint density at radius 3 is 2.56 bits per heavy atom. The van der Waals surface area contributed by atoms with Crippen LogP contribution in [0.25, 0.3) is 0 Å². The van der Waals surface area contributed by atoms with Crippen molar-refractivity contribution in [1.29, 1.82) is 0 Å². The lowest BCUT2D eigenvalue weighted by molar-refractivity contribution is -0.127. The zero-order valence-corrected chi connectivity index (χ0v) is 9.95. The molecular formula is C12H17ClN2O. The molecule has 0 aromatic heterocycles. The number of hydrogen-bond donors (Lipinski definition) is 1. The topological polar surface area (TPSA) is 46.3 Å². The third kappa shape index (κ3) is 3.22. The second-order valence-electron chi connectivity index (χ2n) is 4.04. The van der Waals surface area contributed by atoms with E-state index in [9.17, 15) is 4.79 Å². The number of nitrogens with zero attached hydrogens (tertiary/aromatic N) is 1. The van der Waals surface area contributed by atoms with Crippen LogP contribution in [-0.4, -0.2) is 29.9 Å². The molecule has 3 nitrogen and oxygen atoms in total. The summed E-state index contributed by atoms with van der Waals surface area (Å²) in [7, 11) is 0. The summed E-state index contributed by atoms with van der Waals surface area (Å²) >= 11 is 0. The summed E-state index contributed by atoms with van der Waals surface area (Å²) in [6.07, 6.45) is 1.42. The molecule has 1 amide bonds. The van der Waals surface area contributed by atoms with Gasteiger partial charge in [-0.2, -0.15) is 0 Å². The van der Waals surface area contributed by atoms with Gasteiger partial charge >= 0.3 is 0 Å². The minimum absolute atomic E-state index is 0. The number of rotatable bonds is 3. The van der Waals surface area contributed by atoms with E-state index in [1.165, 1.54) is 5.56 Å². The van der Waals surface area contributed by atoms with Gasteiger partial charge in [-0.15, -0.1) is 12.4 Å². The number of nitrogens with two attached hydrogens (primary N) is 1. The maximum absolute atomic E-state index is 11.5. The van der Waals surface area contributed by atoms with Gasteiger partial charge in [0.15, 0.2) is 0 Å². The number of benzene rings is 1. The molecule has 1 aromatic rings. The van der Waals surface area contributed by atoms with Crippen LogP contribution in [-0.2, 0) is 11.2 Å². The Hall–Kier alpha value is -1.06. The number of carbonyl (C=O) groups is 1. The van der Waals surface area contributed by atoms with Crippen molar-refractivity contribution in [3.8, 4) is 0 Å². The largest absolute Gasteiger partial charge is 0.341 e. The fourth-order valence-electron chi connectivity index (χ4n) is 1.93. The van der Waals surface area contributed by atoms with E-state index in [1.54, 1.807) is 0 Å². The SMILES string of the molecule is Cl.NC1CC(=O)N(CCc2ccccc2)C1. The van der Waals surface area contributed by atoms with Gasteiger partial charge in [-0.05, 0) is 12.0 Å². The second-order valence-corrected chi connectivity index (χ2v) is 4.04. The molecule has 1 aromatic carbocycles. The molecule has 1 heterocycles. The maximum Gasteiger partial charge on any atom is 0.224 e. The minimum Gasteiger partial charge on any atom is -0.341 e. The number of amides is 1. The molecule has 4 heteroatoms. The van der Waals surface area contributed by atoms with Crippen molar-refractivity contribution in [1.82, 2.24) is 4.90 Å². The van der Waals surface area contributed by atoms with E-state index in [4.69, 9.17) is 5.73 Å². The lowest BCUT2D eigenvalue weighted by Crippen LogP contribution is -2.30. The smallest absolute Gasteiger partial charge is 0.224 e. The van der Waals surface area contributed by atoms with Gasteiger partial charge in [0.05, 0.1) is 0 Å². The van der Waals surface area contributed by atoms with Gasteiger partial charge < -0.3 is 10.6 Å². The van der Waals surface area contributed by atoms with E-state index < -0.39 is 0 Å². The summed E-state index contributed by atoms with van der Waals surface area (Å²) in [6.45, 7) is 1.50. The molecule has 2 rings (SSSR count). The van der Waals surface area contributed by atoms with Crippen LogP contribution >= 0.6 is 12.4 Å². The Morgan fingerprint density at radius 2 is 2.00 bits per heavy atom. The number of halogens is 1. The van der Waals surface area contributed by atoms with Gasteiger partial charge in [-0.25, -0.2) is 0 Å². The Balaban J connectivity index is 0.00000128. The van der Waals surface area contributed by atoms with Crippen LogP contribution in [0.5, 0.6) is 0 Å². The molecule has 1 unspecified atom stereocenters. The summed E-state index contributed by atoms with van der Waals surface area (Å²) in [5, 5.41) is 0. The van der Waals surface area contributed by atoms with Gasteiger partial charge in [-0.3, -0.25) is 4.79 Å². The second kappa shape index (κ2) is 5.87. The highest BCUT2D eigenvalue weighted by molar-refractivity contribution is 5.85. The van der Waals surface area contributed by atoms with Crippen LogP contribution in [0.1, 0.15) is 12.0 Å². The Morgan fingerprint density at radius 1 is 1.31 bits per heavy atom. The zero-order valence-electron chi connectivity index (χ0n) is 9.13. The number of hydrogen-bond acceptors (Lipinski definition) is 2. The first-order chi connectivity index (χ1) is 7.25. The minimum atomic E-state index is 0. The number of likely N-dealkylation sites (tertiary alicyclic amines) is 1. The third-order valence-corrected chi connectivity index (χ3v) is 2.76. The molecule has 2 N–H and O–H groups in total. The first kappa shape index (κ1) is 13.0. The van der Waals surface area contributed by atoms with Crippen LogP contribution in [0.4, 0.5) is 0 Å². The summed E-state index contributed by atoms with van der Waals surface area (Å²) in [4.78, 5) is 13.3. The molecule has 1 atom stereocenters. The predicted octanol–water partition coefficient (Wildman–Crippen LogP) is 1.21. The first-order valence-electron chi connectivity index (χ1n) is 5.33. The predicted molar refractivity (Wildman–Crippen MR) is 66.6 cm³/mol. The maximum atomic E-state index is 11.5. The van der Waals surface area contributed by atoms with Crippen molar-refractivity contribution in [3.63, 3.8) is 0 Å². The van der Waals surface area contributed by atoms with Crippen LogP contribution < -0.4 is 5.73 Å². The monoisotopic (exact) mass is 240 g/mol. The lowest BCUT2D eigenvalue weighted by Gasteiger charge is -2.15.